The first-order valence-electron chi connectivity index (χ1n) is 7.62. The highest BCUT2D eigenvalue weighted by Crippen LogP contribution is 2.52. The van der Waals surface area contributed by atoms with E-state index in [9.17, 15) is 0 Å². The molecule has 0 aliphatic heterocycles. The molecular formula is C17H25N. The molecule has 0 bridgehead atoms. The lowest BCUT2D eigenvalue weighted by Gasteiger charge is -2.30. The second kappa shape index (κ2) is 5.44. The summed E-state index contributed by atoms with van der Waals surface area (Å²) < 4.78 is 0. The zero-order valence-electron chi connectivity index (χ0n) is 11.4. The van der Waals surface area contributed by atoms with E-state index in [1.54, 1.807) is 5.56 Å². The van der Waals surface area contributed by atoms with Crippen LogP contribution < -0.4 is 5.32 Å². The van der Waals surface area contributed by atoms with Gasteiger partial charge in [-0.1, -0.05) is 49.6 Å². The van der Waals surface area contributed by atoms with Crippen LogP contribution in [0.5, 0.6) is 0 Å². The Labute approximate surface area is 111 Å². The van der Waals surface area contributed by atoms with Crippen LogP contribution in [0.15, 0.2) is 30.3 Å². The number of rotatable bonds is 4. The van der Waals surface area contributed by atoms with E-state index in [0.29, 0.717) is 0 Å². The van der Waals surface area contributed by atoms with Gasteiger partial charge in [0, 0.05) is 6.04 Å². The van der Waals surface area contributed by atoms with Gasteiger partial charge in [-0.25, -0.2) is 0 Å². The molecule has 3 atom stereocenters. The summed E-state index contributed by atoms with van der Waals surface area (Å²) in [5, 5.41) is 3.63. The second-order valence-corrected chi connectivity index (χ2v) is 6.13. The van der Waals surface area contributed by atoms with Crippen LogP contribution in [-0.2, 0) is 0 Å². The predicted octanol–water partition coefficient (Wildman–Crippen LogP) is 3.96. The van der Waals surface area contributed by atoms with Crippen molar-refractivity contribution in [1.29, 1.82) is 0 Å². The van der Waals surface area contributed by atoms with Crippen molar-refractivity contribution >= 4 is 0 Å². The Morgan fingerprint density at radius 2 is 1.78 bits per heavy atom. The van der Waals surface area contributed by atoms with Crippen molar-refractivity contribution in [2.45, 2.75) is 50.5 Å². The predicted molar refractivity (Wildman–Crippen MR) is 76.7 cm³/mol. The SMILES string of the molecule is CNC(C1CCCCC1)C1CC1c1ccccc1. The molecular weight excluding hydrogens is 218 g/mol. The third-order valence-corrected chi connectivity index (χ3v) is 5.02. The zero-order valence-corrected chi connectivity index (χ0v) is 11.4. The van der Waals surface area contributed by atoms with Gasteiger partial charge in [0.2, 0.25) is 0 Å². The number of nitrogens with one attached hydrogen (secondary N) is 1. The van der Waals surface area contributed by atoms with E-state index < -0.39 is 0 Å². The molecule has 1 N–H and O–H groups in total. The van der Waals surface area contributed by atoms with Crippen LogP contribution in [-0.4, -0.2) is 13.1 Å². The van der Waals surface area contributed by atoms with Crippen LogP contribution in [0.2, 0.25) is 0 Å². The highest BCUT2D eigenvalue weighted by molar-refractivity contribution is 5.26. The summed E-state index contributed by atoms with van der Waals surface area (Å²) >= 11 is 0. The summed E-state index contributed by atoms with van der Waals surface area (Å²) in [6, 6.07) is 11.9. The van der Waals surface area contributed by atoms with E-state index in [1.165, 1.54) is 38.5 Å². The van der Waals surface area contributed by atoms with Crippen molar-refractivity contribution in [3.05, 3.63) is 35.9 Å². The van der Waals surface area contributed by atoms with Crippen molar-refractivity contribution in [2.24, 2.45) is 11.8 Å². The van der Waals surface area contributed by atoms with Crippen LogP contribution in [0.3, 0.4) is 0 Å². The number of hydrogen-bond acceptors (Lipinski definition) is 1. The first-order chi connectivity index (χ1) is 8.90. The highest BCUT2D eigenvalue weighted by Gasteiger charge is 2.45. The van der Waals surface area contributed by atoms with Gasteiger partial charge in [0.1, 0.15) is 0 Å². The Morgan fingerprint density at radius 1 is 1.06 bits per heavy atom. The van der Waals surface area contributed by atoms with Gasteiger partial charge in [-0.2, -0.15) is 0 Å². The molecule has 3 unspecified atom stereocenters. The standard InChI is InChI=1S/C17H25N/c1-18-17(14-10-6-3-7-11-14)16-12-15(16)13-8-4-2-5-9-13/h2,4-5,8-9,14-18H,3,6-7,10-12H2,1H3. The molecule has 0 radical (unpaired) electrons. The molecule has 0 spiro atoms. The van der Waals surface area contributed by atoms with Gasteiger partial charge < -0.3 is 5.32 Å². The molecule has 2 fully saturated rings. The van der Waals surface area contributed by atoms with Crippen LogP contribution >= 0.6 is 0 Å². The lowest BCUT2D eigenvalue weighted by Crippen LogP contribution is -2.37. The van der Waals surface area contributed by atoms with Crippen LogP contribution in [0.25, 0.3) is 0 Å². The third-order valence-electron chi connectivity index (χ3n) is 5.02. The number of hydrogen-bond donors (Lipinski definition) is 1. The van der Waals surface area contributed by atoms with Crippen LogP contribution in [0.4, 0.5) is 0 Å². The van der Waals surface area contributed by atoms with E-state index in [2.05, 4.69) is 42.7 Å². The monoisotopic (exact) mass is 243 g/mol. The van der Waals surface area contributed by atoms with Crippen molar-refractivity contribution in [3.63, 3.8) is 0 Å². The van der Waals surface area contributed by atoms with Gasteiger partial charge in [-0.3, -0.25) is 0 Å². The van der Waals surface area contributed by atoms with Gasteiger partial charge >= 0.3 is 0 Å². The smallest absolute Gasteiger partial charge is 0.0127 e. The average molecular weight is 243 g/mol. The molecule has 0 saturated heterocycles. The molecule has 1 aromatic rings. The zero-order chi connectivity index (χ0) is 12.4. The fourth-order valence-corrected chi connectivity index (χ4v) is 3.99. The summed E-state index contributed by atoms with van der Waals surface area (Å²) in [6.07, 6.45) is 8.65. The molecule has 2 aliphatic carbocycles. The number of benzene rings is 1. The molecule has 0 amide bonds. The summed E-state index contributed by atoms with van der Waals surface area (Å²) in [5.41, 5.74) is 1.55. The quantitative estimate of drug-likeness (QED) is 0.844. The van der Waals surface area contributed by atoms with E-state index in [4.69, 9.17) is 0 Å². The minimum Gasteiger partial charge on any atom is -0.316 e. The Kier molecular flexibility index (Phi) is 3.69. The average Bonchev–Trinajstić information content (AvgIpc) is 3.22. The van der Waals surface area contributed by atoms with Gasteiger partial charge in [0.25, 0.3) is 0 Å². The molecule has 3 rings (SSSR count). The lowest BCUT2D eigenvalue weighted by atomic mass is 9.81. The summed E-state index contributed by atoms with van der Waals surface area (Å²) in [7, 11) is 2.17. The van der Waals surface area contributed by atoms with Crippen molar-refractivity contribution in [2.75, 3.05) is 7.05 Å². The maximum atomic E-state index is 3.63. The van der Waals surface area contributed by atoms with Gasteiger partial charge in [-0.15, -0.1) is 0 Å². The topological polar surface area (TPSA) is 12.0 Å². The summed E-state index contributed by atoms with van der Waals surface area (Å²) in [5.74, 6) is 2.65. The van der Waals surface area contributed by atoms with Gasteiger partial charge in [0.05, 0.1) is 0 Å². The fraction of sp³-hybridized carbons (Fsp3) is 0.647. The summed E-state index contributed by atoms with van der Waals surface area (Å²) in [6.45, 7) is 0. The fourth-order valence-electron chi connectivity index (χ4n) is 3.99. The largest absolute Gasteiger partial charge is 0.316 e. The summed E-state index contributed by atoms with van der Waals surface area (Å²) in [4.78, 5) is 0. The Hall–Kier alpha value is -0.820. The van der Waals surface area contributed by atoms with Crippen LogP contribution in [0, 0.1) is 11.8 Å². The van der Waals surface area contributed by atoms with E-state index in [-0.39, 0.29) is 0 Å². The van der Waals surface area contributed by atoms with Gasteiger partial charge in [0.15, 0.2) is 0 Å². The maximum absolute atomic E-state index is 3.63. The van der Waals surface area contributed by atoms with E-state index in [1.807, 2.05) is 0 Å². The molecule has 1 nitrogen and oxygen atoms in total. The Balaban J connectivity index is 1.64. The lowest BCUT2D eigenvalue weighted by molar-refractivity contribution is 0.255. The first kappa shape index (κ1) is 12.2. The van der Waals surface area contributed by atoms with Crippen LogP contribution in [0.1, 0.15) is 50.0 Å². The minimum atomic E-state index is 0.760. The highest BCUT2D eigenvalue weighted by atomic mass is 14.9. The molecule has 18 heavy (non-hydrogen) atoms. The second-order valence-electron chi connectivity index (χ2n) is 6.13. The Bertz CT molecular complexity index is 366. The van der Waals surface area contributed by atoms with Crippen molar-refractivity contribution < 1.29 is 0 Å². The molecule has 1 heteroatoms. The molecule has 98 valence electrons. The normalized spacial score (nSPS) is 30.1. The van der Waals surface area contributed by atoms with Crippen molar-refractivity contribution in [1.82, 2.24) is 5.32 Å². The van der Waals surface area contributed by atoms with E-state index >= 15 is 0 Å². The molecule has 2 saturated carbocycles. The van der Waals surface area contributed by atoms with Gasteiger partial charge in [-0.05, 0) is 49.6 Å². The molecule has 0 heterocycles. The van der Waals surface area contributed by atoms with Crippen molar-refractivity contribution in [3.8, 4) is 0 Å². The first-order valence-corrected chi connectivity index (χ1v) is 7.62. The molecule has 0 aromatic heterocycles. The third kappa shape index (κ3) is 2.47. The van der Waals surface area contributed by atoms with E-state index in [0.717, 1.165) is 23.8 Å². The Morgan fingerprint density at radius 3 is 2.44 bits per heavy atom. The molecule has 1 aromatic carbocycles. The maximum Gasteiger partial charge on any atom is 0.0127 e. The minimum absolute atomic E-state index is 0.760. The molecule has 2 aliphatic rings.